The van der Waals surface area contributed by atoms with Gasteiger partial charge in [0.1, 0.15) is 11.8 Å². The van der Waals surface area contributed by atoms with Crippen LogP contribution in [0.25, 0.3) is 0 Å². The number of carboxylic acids is 1. The Hall–Kier alpha value is -0.710. The molecular formula is C19H32NNaO3. The third-order valence-corrected chi connectivity index (χ3v) is 4.43. The molecular weight excluding hydrogens is 313 g/mol. The molecule has 1 aromatic rings. The second-order valence-corrected chi connectivity index (χ2v) is 6.32. The Balaban J connectivity index is 0. The Kier molecular flexibility index (Phi) is 12.3. The summed E-state index contributed by atoms with van der Waals surface area (Å²) in [6.45, 7) is 3.84. The Morgan fingerprint density at radius 2 is 1.75 bits per heavy atom. The van der Waals surface area contributed by atoms with Crippen molar-refractivity contribution in [3.05, 3.63) is 23.8 Å². The zero-order valence-corrected chi connectivity index (χ0v) is 17.7. The molecule has 2 N–H and O–H groups in total. The van der Waals surface area contributed by atoms with Gasteiger partial charge in [-0.05, 0) is 37.5 Å². The molecule has 0 saturated heterocycles. The summed E-state index contributed by atoms with van der Waals surface area (Å²) in [6, 6.07) is 4.83. The van der Waals surface area contributed by atoms with E-state index in [0.717, 1.165) is 18.4 Å². The largest absolute Gasteiger partial charge is 1.00 e. The molecule has 0 bridgehead atoms. The molecule has 0 aliphatic heterocycles. The fourth-order valence-electron chi connectivity index (χ4n) is 2.67. The molecule has 0 saturated carbocycles. The average Bonchev–Trinajstić information content (AvgIpc) is 2.54. The number of benzene rings is 1. The maximum absolute atomic E-state index is 11.1. The molecule has 0 heterocycles. The molecule has 1 atom stereocenters. The molecule has 132 valence electrons. The van der Waals surface area contributed by atoms with Crippen LogP contribution in [0.3, 0.4) is 0 Å². The Morgan fingerprint density at radius 1 is 1.17 bits per heavy atom. The van der Waals surface area contributed by atoms with E-state index in [2.05, 4.69) is 6.92 Å². The van der Waals surface area contributed by atoms with Crippen LogP contribution < -0.4 is 34.5 Å². The van der Waals surface area contributed by atoms with Crippen molar-refractivity contribution in [3.8, 4) is 5.75 Å². The van der Waals surface area contributed by atoms with Crippen molar-refractivity contribution >= 4 is 11.7 Å². The fraction of sp³-hybridized carbons (Fsp3) is 0.632. The molecule has 0 fully saturated rings. The Bertz CT molecular complexity index is 500. The number of likely N-dealkylation sites (N-methyl/N-ethyl adjacent to an activating group) is 1. The van der Waals surface area contributed by atoms with Crippen LogP contribution in [0.4, 0.5) is 5.69 Å². The minimum atomic E-state index is -0.899. The average molecular weight is 345 g/mol. The summed E-state index contributed by atoms with van der Waals surface area (Å²) < 4.78 is 0. The molecule has 1 unspecified atom stereocenters. The van der Waals surface area contributed by atoms with E-state index in [1.54, 1.807) is 24.9 Å². The molecule has 0 aliphatic carbocycles. The van der Waals surface area contributed by atoms with Crippen molar-refractivity contribution in [1.29, 1.82) is 0 Å². The van der Waals surface area contributed by atoms with E-state index in [-0.39, 0.29) is 36.7 Å². The number of phenolic OH excluding ortho intramolecular Hbond substituents is 1. The van der Waals surface area contributed by atoms with Gasteiger partial charge in [0.2, 0.25) is 0 Å². The quantitative estimate of drug-likeness (QED) is 0.473. The van der Waals surface area contributed by atoms with Crippen LogP contribution in [0.15, 0.2) is 18.2 Å². The summed E-state index contributed by atoms with van der Waals surface area (Å²) in [5.41, 5.74) is 1.73. The van der Waals surface area contributed by atoms with E-state index in [1.807, 2.05) is 12.1 Å². The first-order valence-electron chi connectivity index (χ1n) is 8.75. The van der Waals surface area contributed by atoms with Crippen molar-refractivity contribution in [2.24, 2.45) is 0 Å². The predicted octanol–water partition coefficient (Wildman–Crippen LogP) is 1.71. The number of aliphatic carboxylic acids is 1. The van der Waals surface area contributed by atoms with Gasteiger partial charge in [-0.1, -0.05) is 51.5 Å². The number of aryl methyl sites for hydroxylation is 1. The zero-order chi connectivity index (χ0) is 17.2. The van der Waals surface area contributed by atoms with Crippen LogP contribution in [0.2, 0.25) is 0 Å². The number of phenols is 1. The number of unbranched alkanes of at least 4 members (excludes halogenated alkanes) is 6. The van der Waals surface area contributed by atoms with Crippen molar-refractivity contribution in [2.75, 3.05) is 11.9 Å². The van der Waals surface area contributed by atoms with Gasteiger partial charge in [-0.15, -0.1) is 0 Å². The Labute approximate surface area is 170 Å². The van der Waals surface area contributed by atoms with Gasteiger partial charge in [-0.2, -0.15) is 0 Å². The van der Waals surface area contributed by atoms with E-state index in [4.69, 9.17) is 5.11 Å². The summed E-state index contributed by atoms with van der Waals surface area (Å²) in [5.74, 6) is -0.770. The van der Waals surface area contributed by atoms with Gasteiger partial charge >= 0.3 is 35.5 Å². The van der Waals surface area contributed by atoms with Gasteiger partial charge in [-0.3, -0.25) is 0 Å². The molecule has 1 aromatic carbocycles. The van der Waals surface area contributed by atoms with Gasteiger partial charge in [0, 0.05) is 7.05 Å². The first kappa shape index (κ1) is 23.3. The summed E-state index contributed by atoms with van der Waals surface area (Å²) in [6.07, 6.45) is 9.85. The molecule has 4 nitrogen and oxygen atoms in total. The van der Waals surface area contributed by atoms with Crippen LogP contribution in [0, 0.1) is 0 Å². The third kappa shape index (κ3) is 7.91. The molecule has 1 rings (SSSR count). The summed E-state index contributed by atoms with van der Waals surface area (Å²) in [7, 11) is 1.70. The van der Waals surface area contributed by atoms with Crippen LogP contribution in [-0.4, -0.2) is 29.3 Å². The standard InChI is InChI=1S/C19H31NO3.Na.H/c1-4-5-6-7-8-9-10-11-16-12-13-18(21)17(14-16)20(3)15(2)19(22)23;;/h12-15,21H,4-11H2,1-3H3,(H,22,23);;/q;+1;-1. The minimum absolute atomic E-state index is 0. The van der Waals surface area contributed by atoms with Gasteiger partial charge in [0.15, 0.2) is 0 Å². The predicted molar refractivity (Wildman–Crippen MR) is 96.4 cm³/mol. The molecule has 24 heavy (non-hydrogen) atoms. The van der Waals surface area contributed by atoms with Crippen LogP contribution in [0.5, 0.6) is 5.75 Å². The van der Waals surface area contributed by atoms with Gasteiger partial charge in [-0.25, -0.2) is 4.79 Å². The summed E-state index contributed by atoms with van der Waals surface area (Å²) in [5, 5.41) is 19.1. The van der Waals surface area contributed by atoms with E-state index < -0.39 is 12.0 Å². The van der Waals surface area contributed by atoms with Crippen LogP contribution >= 0.6 is 0 Å². The molecule has 0 amide bonds. The van der Waals surface area contributed by atoms with E-state index in [9.17, 15) is 9.90 Å². The van der Waals surface area contributed by atoms with Crippen molar-refractivity contribution < 1.29 is 46.0 Å². The number of carbonyl (C=O) groups is 1. The maximum atomic E-state index is 11.1. The van der Waals surface area contributed by atoms with E-state index >= 15 is 0 Å². The number of anilines is 1. The van der Waals surface area contributed by atoms with Gasteiger partial charge in [0.05, 0.1) is 5.69 Å². The van der Waals surface area contributed by atoms with Gasteiger partial charge < -0.3 is 16.5 Å². The maximum Gasteiger partial charge on any atom is 1.00 e. The monoisotopic (exact) mass is 345 g/mol. The van der Waals surface area contributed by atoms with E-state index in [1.165, 1.54) is 38.5 Å². The van der Waals surface area contributed by atoms with Crippen LogP contribution in [0.1, 0.15) is 65.8 Å². The van der Waals surface area contributed by atoms with Crippen molar-refractivity contribution in [3.63, 3.8) is 0 Å². The first-order chi connectivity index (χ1) is 11.0. The molecule has 0 aromatic heterocycles. The number of aromatic hydroxyl groups is 1. The van der Waals surface area contributed by atoms with Crippen LogP contribution in [-0.2, 0) is 11.2 Å². The first-order valence-corrected chi connectivity index (χ1v) is 8.75. The second kappa shape index (κ2) is 12.6. The van der Waals surface area contributed by atoms with Crippen molar-refractivity contribution in [2.45, 2.75) is 71.3 Å². The molecule has 0 spiro atoms. The number of nitrogens with zero attached hydrogens (tertiary/aromatic N) is 1. The van der Waals surface area contributed by atoms with E-state index in [0.29, 0.717) is 5.69 Å². The SMILES string of the molecule is CCCCCCCCCc1ccc(O)c(N(C)C(C)C(=O)O)c1.[H-].[Na+]. The fourth-order valence-corrected chi connectivity index (χ4v) is 2.67. The number of rotatable bonds is 11. The number of carboxylic acid groups (broad SMARTS) is 1. The summed E-state index contributed by atoms with van der Waals surface area (Å²) in [4.78, 5) is 12.7. The zero-order valence-electron chi connectivity index (χ0n) is 16.7. The molecule has 0 radical (unpaired) electrons. The second-order valence-electron chi connectivity index (χ2n) is 6.32. The molecule has 0 aliphatic rings. The number of hydrogen-bond donors (Lipinski definition) is 2. The third-order valence-electron chi connectivity index (χ3n) is 4.43. The topological polar surface area (TPSA) is 60.8 Å². The van der Waals surface area contributed by atoms with Gasteiger partial charge in [0.25, 0.3) is 0 Å². The number of hydrogen-bond acceptors (Lipinski definition) is 3. The normalized spacial score (nSPS) is 11.6. The molecule has 5 heteroatoms. The summed E-state index contributed by atoms with van der Waals surface area (Å²) >= 11 is 0. The van der Waals surface area contributed by atoms with Crippen molar-refractivity contribution in [1.82, 2.24) is 0 Å². The smallest absolute Gasteiger partial charge is 1.00 e. The minimum Gasteiger partial charge on any atom is -1.00 e. The Morgan fingerprint density at radius 3 is 2.33 bits per heavy atom.